The molecule has 0 heterocycles. The summed E-state index contributed by atoms with van der Waals surface area (Å²) in [6, 6.07) is 8.92. The lowest BCUT2D eigenvalue weighted by molar-refractivity contribution is -0.389. The third-order valence-corrected chi connectivity index (χ3v) is 9.93. The van der Waals surface area contributed by atoms with E-state index in [0.717, 1.165) is 0 Å². The summed E-state index contributed by atoms with van der Waals surface area (Å²) in [6.07, 6.45) is -14.7. The minimum atomic E-state index is -6.89. The van der Waals surface area contributed by atoms with Crippen molar-refractivity contribution in [2.24, 2.45) is 5.92 Å². The summed E-state index contributed by atoms with van der Waals surface area (Å²) in [5.74, 6) is -9.91. The van der Waals surface area contributed by atoms with Crippen LogP contribution in [0.15, 0.2) is 48.5 Å². The first-order valence-corrected chi connectivity index (χ1v) is 16.1. The number of carbonyl (C=O) groups is 2. The molecule has 3 atom stereocenters. The van der Waals surface area contributed by atoms with E-state index in [1.165, 1.54) is 38.1 Å². The molecule has 0 aromatic heterocycles. The summed E-state index contributed by atoms with van der Waals surface area (Å²) in [4.78, 5) is 26.7. The number of nitrogens with one attached hydrogen (secondary N) is 1. The third-order valence-electron chi connectivity index (χ3n) is 8.23. The minimum Gasteiger partial charge on any atom is -0.326 e. The molecule has 0 saturated heterocycles. The van der Waals surface area contributed by atoms with Crippen LogP contribution < -0.4 is 5.32 Å². The van der Waals surface area contributed by atoms with Crippen LogP contribution in [0.2, 0.25) is 15.1 Å². The van der Waals surface area contributed by atoms with Gasteiger partial charge in [0.2, 0.25) is 5.91 Å². The molecule has 1 saturated carbocycles. The number of benzene rings is 3. The van der Waals surface area contributed by atoms with Crippen molar-refractivity contribution < 1.29 is 49.1 Å². The van der Waals surface area contributed by atoms with Gasteiger partial charge in [0, 0.05) is 39.2 Å². The molecule has 4 rings (SSSR count). The van der Waals surface area contributed by atoms with Crippen molar-refractivity contribution in [3.05, 3.63) is 97.0 Å². The summed E-state index contributed by atoms with van der Waals surface area (Å²) in [5, 5.41) is 3.05. The molecular weight excluding hydrogens is 779 g/mol. The van der Waals surface area contributed by atoms with Gasteiger partial charge in [0.1, 0.15) is 4.33 Å². The molecule has 0 radical (unpaired) electrons. The zero-order valence-corrected chi connectivity index (χ0v) is 28.8. The SMILES string of the molecule is CCc1cc(C(F)(C(F)(F)F)C(F)(F)C(F)(F)F)cc(CC)c1CC(=O)c1cc(NC(=O)C2C(c3cc(Cl)cc(Cl)c3)C2(Cl)Cl)ccc1Cl. The van der Waals surface area contributed by atoms with Gasteiger partial charge in [-0.2, -0.15) is 35.1 Å². The van der Waals surface area contributed by atoms with Gasteiger partial charge in [-0.25, -0.2) is 4.39 Å². The molecule has 0 aliphatic heterocycles. The van der Waals surface area contributed by atoms with E-state index in [-0.39, 0.29) is 68.0 Å². The highest BCUT2D eigenvalue weighted by Crippen LogP contribution is 2.65. The number of Topliss-reactive ketones (excluding diaryl/α,β-unsaturated/α-hetero) is 1. The van der Waals surface area contributed by atoms with Gasteiger partial charge in [0.15, 0.2) is 5.78 Å². The van der Waals surface area contributed by atoms with Crippen LogP contribution in [-0.4, -0.2) is 34.3 Å². The smallest absolute Gasteiger partial charge is 0.326 e. The van der Waals surface area contributed by atoms with E-state index >= 15 is 4.39 Å². The molecule has 1 amide bonds. The highest BCUT2D eigenvalue weighted by atomic mass is 35.5. The maximum Gasteiger partial charge on any atom is 0.457 e. The topological polar surface area (TPSA) is 46.2 Å². The number of hydrogen-bond donors (Lipinski definition) is 1. The van der Waals surface area contributed by atoms with E-state index in [9.17, 15) is 44.7 Å². The lowest BCUT2D eigenvalue weighted by Crippen LogP contribution is -2.59. The molecule has 3 unspecified atom stereocenters. The number of aryl methyl sites for hydroxylation is 2. The molecule has 49 heavy (non-hydrogen) atoms. The van der Waals surface area contributed by atoms with Gasteiger partial charge in [-0.1, -0.05) is 60.8 Å². The number of carbonyl (C=O) groups excluding carboxylic acids is 2. The normalized spacial score (nSPS) is 18.9. The number of rotatable bonds is 10. The number of ketones is 1. The first-order chi connectivity index (χ1) is 22.4. The van der Waals surface area contributed by atoms with Crippen LogP contribution in [-0.2, 0) is 29.7 Å². The average Bonchev–Trinajstić information content (AvgIpc) is 3.57. The second-order valence-corrected chi connectivity index (χ2v) is 14.0. The fourth-order valence-corrected chi connectivity index (χ4v) is 7.28. The summed E-state index contributed by atoms with van der Waals surface area (Å²) >= 11 is 31.2. The van der Waals surface area contributed by atoms with Gasteiger partial charge < -0.3 is 5.32 Å². The molecule has 1 N–H and O–H groups in total. The van der Waals surface area contributed by atoms with E-state index in [0.29, 0.717) is 5.56 Å². The van der Waals surface area contributed by atoms with E-state index < -0.39 is 63.8 Å². The van der Waals surface area contributed by atoms with Crippen molar-refractivity contribution in [3.8, 4) is 0 Å². The van der Waals surface area contributed by atoms with E-state index in [1.807, 2.05) is 0 Å². The lowest BCUT2D eigenvalue weighted by atomic mass is 9.82. The molecular formula is C32H23Cl5F9NO2. The van der Waals surface area contributed by atoms with Crippen LogP contribution in [0, 0.1) is 5.92 Å². The molecule has 266 valence electrons. The molecule has 1 aliphatic rings. The van der Waals surface area contributed by atoms with Gasteiger partial charge in [0.05, 0.1) is 10.9 Å². The second-order valence-electron chi connectivity index (χ2n) is 11.3. The fourth-order valence-electron chi connectivity index (χ4n) is 5.69. The Kier molecular flexibility index (Phi) is 11.0. The highest BCUT2D eigenvalue weighted by molar-refractivity contribution is 6.53. The Balaban J connectivity index is 1.65. The lowest BCUT2D eigenvalue weighted by Gasteiger charge is -2.36. The van der Waals surface area contributed by atoms with Crippen LogP contribution in [0.3, 0.4) is 0 Å². The van der Waals surface area contributed by atoms with E-state index in [1.54, 1.807) is 12.1 Å². The Morgan fingerprint density at radius 2 is 1.31 bits per heavy atom. The van der Waals surface area contributed by atoms with Crippen molar-refractivity contribution in [1.29, 1.82) is 0 Å². The standard InChI is InChI=1S/C32H23Cl5F9NO2/c1-3-14-7-17(29(38,31(41,42)43)30(39,40)32(44,45)46)8-15(4-2)21(14)13-24(48)22-12-20(5-6-23(22)35)47-27(49)26-25(28(26,36)37)16-9-18(33)11-19(34)10-16/h5-12,25-26H,3-4,13H2,1-2H3,(H,47,49). The van der Waals surface area contributed by atoms with Crippen molar-refractivity contribution in [1.82, 2.24) is 0 Å². The molecule has 0 bridgehead atoms. The molecule has 3 nitrogen and oxygen atoms in total. The van der Waals surface area contributed by atoms with Crippen molar-refractivity contribution in [2.75, 3.05) is 5.32 Å². The van der Waals surface area contributed by atoms with Gasteiger partial charge in [-0.05, 0) is 71.5 Å². The predicted octanol–water partition coefficient (Wildman–Crippen LogP) is 11.6. The summed E-state index contributed by atoms with van der Waals surface area (Å²) < 4.78 is 123. The monoisotopic (exact) mass is 799 g/mol. The number of alkyl halides is 11. The molecule has 1 fully saturated rings. The molecule has 3 aromatic rings. The van der Waals surface area contributed by atoms with Gasteiger partial charge in [-0.3, -0.25) is 9.59 Å². The van der Waals surface area contributed by atoms with Gasteiger partial charge in [0.25, 0.3) is 0 Å². The zero-order valence-electron chi connectivity index (χ0n) is 25.0. The molecule has 17 heteroatoms. The Bertz CT molecular complexity index is 1750. The van der Waals surface area contributed by atoms with Crippen molar-refractivity contribution in [3.63, 3.8) is 0 Å². The Hall–Kier alpha value is -2.38. The van der Waals surface area contributed by atoms with Crippen molar-refractivity contribution >= 4 is 75.4 Å². The minimum absolute atomic E-state index is 0.0147. The first kappa shape index (κ1) is 39.4. The quantitative estimate of drug-likeness (QED) is 0.126. The van der Waals surface area contributed by atoms with Crippen LogP contribution in [0.5, 0.6) is 0 Å². The molecule has 3 aromatic carbocycles. The summed E-state index contributed by atoms with van der Waals surface area (Å²) in [7, 11) is 0. The Labute approximate surface area is 299 Å². The Morgan fingerprint density at radius 3 is 1.78 bits per heavy atom. The molecule has 1 aliphatic carbocycles. The zero-order chi connectivity index (χ0) is 37.1. The average molecular weight is 802 g/mol. The van der Waals surface area contributed by atoms with Gasteiger partial charge >= 0.3 is 23.9 Å². The first-order valence-electron chi connectivity index (χ1n) is 14.2. The van der Waals surface area contributed by atoms with Crippen LogP contribution >= 0.6 is 58.0 Å². The summed E-state index contributed by atoms with van der Waals surface area (Å²) in [6.45, 7) is 2.67. The fraction of sp³-hybridized carbons (Fsp3) is 0.375. The maximum absolute atomic E-state index is 15.3. The number of amides is 1. The molecule has 0 spiro atoms. The van der Waals surface area contributed by atoms with Crippen LogP contribution in [0.4, 0.5) is 45.2 Å². The number of anilines is 1. The predicted molar refractivity (Wildman–Crippen MR) is 170 cm³/mol. The second kappa shape index (κ2) is 13.6. The van der Waals surface area contributed by atoms with Crippen molar-refractivity contribution in [2.45, 2.75) is 67.3 Å². The number of halogens is 14. The third kappa shape index (κ3) is 7.22. The Morgan fingerprint density at radius 1 is 0.776 bits per heavy atom. The summed E-state index contributed by atoms with van der Waals surface area (Å²) in [5.41, 5.74) is -8.25. The number of hydrogen-bond acceptors (Lipinski definition) is 2. The van der Waals surface area contributed by atoms with Crippen LogP contribution in [0.25, 0.3) is 0 Å². The van der Waals surface area contributed by atoms with E-state index in [4.69, 9.17) is 58.0 Å². The van der Waals surface area contributed by atoms with Crippen LogP contribution in [0.1, 0.15) is 57.9 Å². The largest absolute Gasteiger partial charge is 0.457 e. The highest BCUT2D eigenvalue weighted by Gasteiger charge is 2.81. The van der Waals surface area contributed by atoms with E-state index in [2.05, 4.69) is 5.32 Å². The maximum atomic E-state index is 15.3. The van der Waals surface area contributed by atoms with Gasteiger partial charge in [-0.15, -0.1) is 23.2 Å².